The molecule has 0 heterocycles. The van der Waals surface area contributed by atoms with Crippen molar-refractivity contribution < 1.29 is 5.11 Å². The van der Waals surface area contributed by atoms with Gasteiger partial charge in [0.05, 0.1) is 6.61 Å². The predicted molar refractivity (Wildman–Crippen MR) is 26.9 cm³/mol. The lowest BCUT2D eigenvalue weighted by molar-refractivity contribution is 0.342. The zero-order valence-electron chi connectivity index (χ0n) is 4.02. The van der Waals surface area contributed by atoms with E-state index >= 15 is 0 Å². The molecule has 2 heteroatoms. The molecule has 38 valence electrons. The van der Waals surface area contributed by atoms with E-state index in [1.165, 1.54) is 0 Å². The molecule has 0 amide bonds. The molecule has 0 aliphatic heterocycles. The smallest absolute Gasteiger partial charge is 0.0612 e. The first-order valence-corrected chi connectivity index (χ1v) is 1.64. The predicted octanol–water partition coefficient (Wildman–Crippen LogP) is 0.717. The Labute approximate surface area is 38.1 Å². The standard InChI is InChI=1S/C4H8O.H3N/c1-2-3-4-5;/h2-3,5H,4H2,1H3;1H3. The number of allylic oxidation sites excluding steroid dienone is 1. The van der Waals surface area contributed by atoms with E-state index in [-0.39, 0.29) is 12.8 Å². The average molecular weight is 89.1 g/mol. The minimum absolute atomic E-state index is 0. The third-order valence-electron chi connectivity index (χ3n) is 0.341. The Morgan fingerprint density at radius 1 is 1.67 bits per heavy atom. The molecule has 0 aliphatic carbocycles. The van der Waals surface area contributed by atoms with Crippen molar-refractivity contribution in [1.29, 1.82) is 0 Å². The van der Waals surface area contributed by atoms with Crippen LogP contribution in [0.2, 0.25) is 0 Å². The van der Waals surface area contributed by atoms with Gasteiger partial charge in [-0.05, 0) is 6.92 Å². The van der Waals surface area contributed by atoms with Crippen LogP contribution in [0.4, 0.5) is 0 Å². The van der Waals surface area contributed by atoms with Gasteiger partial charge in [-0.15, -0.1) is 0 Å². The molecule has 0 aromatic carbocycles. The molecule has 0 unspecified atom stereocenters. The van der Waals surface area contributed by atoms with Crippen molar-refractivity contribution in [2.45, 2.75) is 6.92 Å². The second kappa shape index (κ2) is 8.82. The second-order valence-corrected chi connectivity index (χ2v) is 0.752. The normalized spacial score (nSPS) is 8.33. The molecule has 0 spiro atoms. The molecule has 2 nitrogen and oxygen atoms in total. The van der Waals surface area contributed by atoms with E-state index in [1.54, 1.807) is 12.2 Å². The maximum atomic E-state index is 7.98. The monoisotopic (exact) mass is 89.1 g/mol. The summed E-state index contributed by atoms with van der Waals surface area (Å²) in [4.78, 5) is 0. The molecule has 0 radical (unpaired) electrons. The number of aliphatic hydroxyl groups excluding tert-OH is 1. The van der Waals surface area contributed by atoms with Gasteiger partial charge in [-0.3, -0.25) is 0 Å². The van der Waals surface area contributed by atoms with Crippen LogP contribution in [0.5, 0.6) is 0 Å². The van der Waals surface area contributed by atoms with Gasteiger partial charge in [0.15, 0.2) is 0 Å². The third-order valence-corrected chi connectivity index (χ3v) is 0.341. The molecule has 4 N–H and O–H groups in total. The van der Waals surface area contributed by atoms with E-state index in [1.807, 2.05) is 6.92 Å². The van der Waals surface area contributed by atoms with E-state index in [2.05, 4.69) is 0 Å². The molecule has 0 aliphatic rings. The van der Waals surface area contributed by atoms with Crippen LogP contribution in [-0.2, 0) is 0 Å². The highest BCUT2D eigenvalue weighted by Crippen LogP contribution is 1.60. The fraction of sp³-hybridized carbons (Fsp3) is 0.500. The first-order valence-electron chi connectivity index (χ1n) is 1.64. The van der Waals surface area contributed by atoms with Crippen molar-refractivity contribution in [2.24, 2.45) is 0 Å². The Hall–Kier alpha value is -0.340. The quantitative estimate of drug-likeness (QED) is 0.465. The largest absolute Gasteiger partial charge is 0.392 e. The van der Waals surface area contributed by atoms with Crippen LogP contribution in [0.1, 0.15) is 6.92 Å². The van der Waals surface area contributed by atoms with Gasteiger partial charge in [-0.25, -0.2) is 0 Å². The molecule has 0 bridgehead atoms. The molecule has 0 atom stereocenters. The molecule has 0 aromatic heterocycles. The van der Waals surface area contributed by atoms with E-state index in [0.717, 1.165) is 0 Å². The summed E-state index contributed by atoms with van der Waals surface area (Å²) in [5, 5.41) is 7.98. The van der Waals surface area contributed by atoms with Crippen LogP contribution in [-0.4, -0.2) is 11.7 Å². The maximum Gasteiger partial charge on any atom is 0.0612 e. The van der Waals surface area contributed by atoms with Crippen LogP contribution < -0.4 is 6.15 Å². The Bertz CT molecular complexity index is 34.5. The number of rotatable bonds is 1. The van der Waals surface area contributed by atoms with Crippen LogP contribution >= 0.6 is 0 Å². The summed E-state index contributed by atoms with van der Waals surface area (Å²) in [5.41, 5.74) is 0. The summed E-state index contributed by atoms with van der Waals surface area (Å²) in [6, 6.07) is 0. The van der Waals surface area contributed by atoms with Crippen LogP contribution in [0, 0.1) is 0 Å². The minimum atomic E-state index is 0. The molecular weight excluding hydrogens is 78.0 g/mol. The van der Waals surface area contributed by atoms with E-state index in [9.17, 15) is 0 Å². The number of aliphatic hydroxyl groups is 1. The van der Waals surface area contributed by atoms with E-state index < -0.39 is 0 Å². The summed E-state index contributed by atoms with van der Waals surface area (Å²) < 4.78 is 0. The SMILES string of the molecule is CC=CCO.N. The van der Waals surface area contributed by atoms with Gasteiger partial charge in [0.25, 0.3) is 0 Å². The van der Waals surface area contributed by atoms with Gasteiger partial charge >= 0.3 is 0 Å². The summed E-state index contributed by atoms with van der Waals surface area (Å²) in [7, 11) is 0. The summed E-state index contributed by atoms with van der Waals surface area (Å²) in [5.74, 6) is 0. The van der Waals surface area contributed by atoms with Crippen molar-refractivity contribution >= 4 is 0 Å². The fourth-order valence-electron chi connectivity index (χ4n) is 0.105. The molecule has 6 heavy (non-hydrogen) atoms. The fourth-order valence-corrected chi connectivity index (χ4v) is 0.105. The Morgan fingerprint density at radius 3 is 2.17 bits per heavy atom. The Kier molecular flexibility index (Phi) is 13.5. The van der Waals surface area contributed by atoms with Gasteiger partial charge in [0.1, 0.15) is 0 Å². The molecule has 0 rings (SSSR count). The third kappa shape index (κ3) is 9.40. The topological polar surface area (TPSA) is 55.2 Å². The lowest BCUT2D eigenvalue weighted by Gasteiger charge is -1.66. The molecule has 0 aromatic rings. The number of hydrogen-bond donors (Lipinski definition) is 2. The van der Waals surface area contributed by atoms with Gasteiger partial charge in [-0.2, -0.15) is 0 Å². The van der Waals surface area contributed by atoms with Crippen molar-refractivity contribution in [2.75, 3.05) is 6.61 Å². The minimum Gasteiger partial charge on any atom is -0.392 e. The van der Waals surface area contributed by atoms with Crippen molar-refractivity contribution in [3.8, 4) is 0 Å². The van der Waals surface area contributed by atoms with E-state index in [0.29, 0.717) is 0 Å². The summed E-state index contributed by atoms with van der Waals surface area (Å²) in [6.45, 7) is 2.03. The Balaban J connectivity index is 0. The van der Waals surface area contributed by atoms with Crippen LogP contribution in [0.15, 0.2) is 12.2 Å². The summed E-state index contributed by atoms with van der Waals surface area (Å²) in [6.07, 6.45) is 3.49. The molecule has 0 saturated heterocycles. The first kappa shape index (κ1) is 9.18. The van der Waals surface area contributed by atoms with Crippen molar-refractivity contribution in [3.05, 3.63) is 12.2 Å². The molecule has 0 saturated carbocycles. The first-order chi connectivity index (χ1) is 2.41. The summed E-state index contributed by atoms with van der Waals surface area (Å²) >= 11 is 0. The zero-order valence-corrected chi connectivity index (χ0v) is 4.02. The van der Waals surface area contributed by atoms with Crippen molar-refractivity contribution in [3.63, 3.8) is 0 Å². The van der Waals surface area contributed by atoms with Gasteiger partial charge in [-0.1, -0.05) is 12.2 Å². The lowest BCUT2D eigenvalue weighted by Crippen LogP contribution is -1.65. The maximum absolute atomic E-state index is 7.98. The Morgan fingerprint density at radius 2 is 2.17 bits per heavy atom. The van der Waals surface area contributed by atoms with Crippen molar-refractivity contribution in [1.82, 2.24) is 6.15 Å². The highest BCUT2D eigenvalue weighted by Gasteiger charge is 1.52. The highest BCUT2D eigenvalue weighted by molar-refractivity contribution is 4.74. The highest BCUT2D eigenvalue weighted by atomic mass is 16.2. The lowest BCUT2D eigenvalue weighted by atomic mass is 10.6. The zero-order chi connectivity index (χ0) is 4.12. The second-order valence-electron chi connectivity index (χ2n) is 0.752. The molecule has 0 fully saturated rings. The van der Waals surface area contributed by atoms with Gasteiger partial charge in [0.2, 0.25) is 0 Å². The average Bonchev–Trinajstić information content (AvgIpc) is 1.41. The molecular formula is C4H11NO. The van der Waals surface area contributed by atoms with Crippen LogP contribution in [0.3, 0.4) is 0 Å². The van der Waals surface area contributed by atoms with Gasteiger partial charge in [0, 0.05) is 0 Å². The number of hydrogen-bond acceptors (Lipinski definition) is 2. The van der Waals surface area contributed by atoms with Gasteiger partial charge < -0.3 is 11.3 Å². The van der Waals surface area contributed by atoms with E-state index in [4.69, 9.17) is 5.11 Å². The van der Waals surface area contributed by atoms with Crippen LogP contribution in [0.25, 0.3) is 0 Å².